The number of aryl methyl sites for hydroxylation is 3. The van der Waals surface area contributed by atoms with Crippen LogP contribution in [-0.4, -0.2) is 27.9 Å². The Hall–Kier alpha value is -2.41. The van der Waals surface area contributed by atoms with Crippen molar-refractivity contribution in [3.8, 4) is 0 Å². The number of carbonyl (C=O) groups is 2. The van der Waals surface area contributed by atoms with E-state index < -0.39 is 5.25 Å². The molecule has 30 heavy (non-hydrogen) atoms. The highest BCUT2D eigenvalue weighted by molar-refractivity contribution is 8.15. The summed E-state index contributed by atoms with van der Waals surface area (Å²) in [5.41, 5.74) is 6.36. The number of hydrogen-bond acceptors (Lipinski definition) is 5. The molecule has 1 unspecified atom stereocenters. The Bertz CT molecular complexity index is 952. The quantitative estimate of drug-likeness (QED) is 0.688. The first kappa shape index (κ1) is 22.3. The number of amidine groups is 1. The third-order valence-corrected chi connectivity index (χ3v) is 6.26. The first-order valence-corrected chi connectivity index (χ1v) is 11.1. The molecule has 7 heteroatoms. The van der Waals surface area contributed by atoms with Gasteiger partial charge in [-0.3, -0.25) is 9.59 Å². The first-order valence-electron chi connectivity index (χ1n) is 10.2. The van der Waals surface area contributed by atoms with Crippen LogP contribution < -0.4 is 10.6 Å². The highest BCUT2D eigenvalue weighted by Crippen LogP contribution is 2.34. The maximum absolute atomic E-state index is 12.5. The Morgan fingerprint density at radius 3 is 2.47 bits per heavy atom. The second-order valence-electron chi connectivity index (χ2n) is 9.13. The molecule has 1 aliphatic carbocycles. The Balaban J connectivity index is 1.64. The van der Waals surface area contributed by atoms with Gasteiger partial charge in [0, 0.05) is 12.1 Å². The monoisotopic (exact) mass is 426 g/mol. The molecule has 0 saturated carbocycles. The number of hydrogen-bond donors (Lipinski definition) is 2. The second kappa shape index (κ2) is 8.76. The van der Waals surface area contributed by atoms with Crippen molar-refractivity contribution in [1.29, 1.82) is 0 Å². The predicted octanol–water partition coefficient (Wildman–Crippen LogP) is 4.65. The molecule has 2 N–H and O–H groups in total. The van der Waals surface area contributed by atoms with Crippen LogP contribution >= 0.6 is 11.8 Å². The number of anilines is 1. The second-order valence-corrected chi connectivity index (χ2v) is 10.3. The maximum atomic E-state index is 12.5. The largest absolute Gasteiger partial charge is 0.326 e. The molecule has 3 rings (SSSR count). The summed E-state index contributed by atoms with van der Waals surface area (Å²) in [7, 11) is 0. The van der Waals surface area contributed by atoms with E-state index in [2.05, 4.69) is 47.7 Å². The molecule has 0 radical (unpaired) electrons. The lowest BCUT2D eigenvalue weighted by Crippen LogP contribution is -2.28. The molecule has 1 fully saturated rings. The van der Waals surface area contributed by atoms with E-state index >= 15 is 0 Å². The van der Waals surface area contributed by atoms with Crippen LogP contribution in [0.3, 0.4) is 0 Å². The molecule has 0 aromatic heterocycles. The molecule has 1 aliphatic heterocycles. The Kier molecular flexibility index (Phi) is 6.50. The van der Waals surface area contributed by atoms with Crippen molar-refractivity contribution in [2.45, 2.75) is 66.1 Å². The van der Waals surface area contributed by atoms with Crippen molar-refractivity contribution in [3.05, 3.63) is 40.5 Å². The molecule has 1 saturated heterocycles. The smallest absolute Gasteiger partial charge is 0.240 e. The molecule has 1 aromatic carbocycles. The van der Waals surface area contributed by atoms with E-state index in [1.165, 1.54) is 17.3 Å². The summed E-state index contributed by atoms with van der Waals surface area (Å²) < 4.78 is 0. The number of amides is 2. The van der Waals surface area contributed by atoms with Crippen LogP contribution in [0.1, 0.15) is 56.7 Å². The zero-order valence-corrected chi connectivity index (χ0v) is 19.4. The Morgan fingerprint density at radius 1 is 1.17 bits per heavy atom. The third-order valence-electron chi connectivity index (χ3n) is 5.19. The topological polar surface area (TPSA) is 82.9 Å². The standard InChI is InChI=1S/C23H30N4O2S/c1-13-7-15(3)20(16(4)8-13)24-19(28)10-18-21(29)25-22(30-18)27-26-17-9-14(2)11-23(5,6)12-17/h7-9,18H,10-12H2,1-6H3,(H,24,28)(H,25,27,29)/b26-17+. The van der Waals surface area contributed by atoms with Crippen LogP contribution in [0.4, 0.5) is 5.69 Å². The fraction of sp³-hybridized carbons (Fsp3) is 0.478. The molecule has 1 heterocycles. The molecule has 1 atom stereocenters. The third kappa shape index (κ3) is 5.59. The van der Waals surface area contributed by atoms with Crippen molar-refractivity contribution in [1.82, 2.24) is 5.32 Å². The summed E-state index contributed by atoms with van der Waals surface area (Å²) in [6, 6.07) is 4.07. The zero-order valence-electron chi connectivity index (χ0n) is 18.5. The fourth-order valence-corrected chi connectivity index (χ4v) is 5.11. The Morgan fingerprint density at radius 2 is 1.83 bits per heavy atom. The van der Waals surface area contributed by atoms with Gasteiger partial charge in [-0.1, -0.05) is 48.9 Å². The summed E-state index contributed by atoms with van der Waals surface area (Å²) >= 11 is 1.26. The number of thioether (sulfide) groups is 1. The van der Waals surface area contributed by atoms with Gasteiger partial charge in [0.05, 0.1) is 5.71 Å². The van der Waals surface area contributed by atoms with Crippen LogP contribution in [-0.2, 0) is 9.59 Å². The zero-order chi connectivity index (χ0) is 22.1. The first-order chi connectivity index (χ1) is 14.0. The van der Waals surface area contributed by atoms with Crippen molar-refractivity contribution in [2.24, 2.45) is 15.6 Å². The van der Waals surface area contributed by atoms with Gasteiger partial charge in [0.2, 0.25) is 11.8 Å². The molecule has 2 aliphatic rings. The summed E-state index contributed by atoms with van der Waals surface area (Å²) in [6.45, 7) is 12.5. The number of rotatable bonds is 4. The highest BCUT2D eigenvalue weighted by atomic mass is 32.2. The number of nitrogens with zero attached hydrogens (tertiary/aromatic N) is 2. The average Bonchev–Trinajstić information content (AvgIpc) is 2.94. The lowest BCUT2D eigenvalue weighted by molar-refractivity contribution is -0.122. The lowest BCUT2D eigenvalue weighted by Gasteiger charge is -2.28. The number of allylic oxidation sites excluding steroid dienone is 2. The fourth-order valence-electron chi connectivity index (χ4n) is 4.19. The van der Waals surface area contributed by atoms with Gasteiger partial charge in [0.25, 0.3) is 0 Å². The molecular weight excluding hydrogens is 396 g/mol. The summed E-state index contributed by atoms with van der Waals surface area (Å²) in [5.74, 6) is -0.389. The summed E-state index contributed by atoms with van der Waals surface area (Å²) in [4.78, 5) is 24.8. The lowest BCUT2D eigenvalue weighted by atomic mass is 9.77. The van der Waals surface area contributed by atoms with Gasteiger partial charge in [-0.2, -0.15) is 5.10 Å². The molecule has 1 aromatic rings. The van der Waals surface area contributed by atoms with Gasteiger partial charge >= 0.3 is 0 Å². The van der Waals surface area contributed by atoms with Crippen molar-refractivity contribution in [2.75, 3.05) is 5.32 Å². The van der Waals surface area contributed by atoms with E-state index in [1.54, 1.807) is 0 Å². The minimum Gasteiger partial charge on any atom is -0.326 e. The van der Waals surface area contributed by atoms with E-state index in [4.69, 9.17) is 0 Å². The van der Waals surface area contributed by atoms with Crippen molar-refractivity contribution in [3.63, 3.8) is 0 Å². The van der Waals surface area contributed by atoms with E-state index in [9.17, 15) is 9.59 Å². The van der Waals surface area contributed by atoms with Gasteiger partial charge in [-0.05, 0) is 63.2 Å². The van der Waals surface area contributed by atoms with Crippen molar-refractivity contribution < 1.29 is 9.59 Å². The Labute approximate surface area is 182 Å². The minimum atomic E-state index is -0.505. The number of carbonyl (C=O) groups excluding carboxylic acids is 2. The highest BCUT2D eigenvalue weighted by Gasteiger charge is 2.32. The van der Waals surface area contributed by atoms with E-state index in [1.807, 2.05) is 32.9 Å². The predicted molar refractivity (Wildman–Crippen MR) is 125 cm³/mol. The van der Waals surface area contributed by atoms with Crippen LogP contribution in [0.15, 0.2) is 34.0 Å². The van der Waals surface area contributed by atoms with Crippen LogP contribution in [0.2, 0.25) is 0 Å². The number of benzene rings is 1. The van der Waals surface area contributed by atoms with Crippen LogP contribution in [0, 0.1) is 26.2 Å². The molecule has 160 valence electrons. The SMILES string of the molecule is CC1=C/C(=N\N=C2/NC(=O)C(CC(=O)Nc3c(C)cc(C)cc3C)S2)CC(C)(C)C1. The van der Waals surface area contributed by atoms with Gasteiger partial charge < -0.3 is 10.6 Å². The molecule has 0 spiro atoms. The molecular formula is C23H30N4O2S. The summed E-state index contributed by atoms with van der Waals surface area (Å²) in [5, 5.41) is 14.2. The van der Waals surface area contributed by atoms with Crippen molar-refractivity contribution >= 4 is 40.1 Å². The van der Waals surface area contributed by atoms with E-state index in [0.717, 1.165) is 40.9 Å². The maximum Gasteiger partial charge on any atom is 0.240 e. The molecule has 0 bridgehead atoms. The van der Waals surface area contributed by atoms with Crippen LogP contribution in [0.5, 0.6) is 0 Å². The van der Waals surface area contributed by atoms with E-state index in [-0.39, 0.29) is 23.7 Å². The minimum absolute atomic E-state index is 0.0882. The molecule has 6 nitrogen and oxygen atoms in total. The van der Waals surface area contributed by atoms with Crippen LogP contribution in [0.25, 0.3) is 0 Å². The van der Waals surface area contributed by atoms with Gasteiger partial charge in [-0.15, -0.1) is 5.10 Å². The van der Waals surface area contributed by atoms with Gasteiger partial charge in [0.1, 0.15) is 5.25 Å². The van der Waals surface area contributed by atoms with Gasteiger partial charge in [-0.25, -0.2) is 0 Å². The number of nitrogens with one attached hydrogen (secondary N) is 2. The summed E-state index contributed by atoms with van der Waals surface area (Å²) in [6.07, 6.45) is 4.05. The normalized spacial score (nSPS) is 23.5. The van der Waals surface area contributed by atoms with Gasteiger partial charge in [0.15, 0.2) is 5.17 Å². The van der Waals surface area contributed by atoms with E-state index in [0.29, 0.717) is 5.17 Å². The average molecular weight is 427 g/mol. The molecule has 2 amide bonds.